The van der Waals surface area contributed by atoms with Gasteiger partial charge in [0.1, 0.15) is 0 Å². The number of nitriles is 1. The van der Waals surface area contributed by atoms with Crippen LogP contribution in [0.1, 0.15) is 16.7 Å². The van der Waals surface area contributed by atoms with E-state index < -0.39 is 15.9 Å². The summed E-state index contributed by atoms with van der Waals surface area (Å²) in [7, 11) is -3.77. The van der Waals surface area contributed by atoms with Crippen LogP contribution in [0, 0.1) is 25.2 Å². The van der Waals surface area contributed by atoms with Crippen LogP contribution in [0.2, 0.25) is 0 Å². The van der Waals surface area contributed by atoms with E-state index in [4.69, 9.17) is 5.26 Å². The van der Waals surface area contributed by atoms with Gasteiger partial charge in [-0.05, 0) is 55.3 Å². The summed E-state index contributed by atoms with van der Waals surface area (Å²) in [6.07, 6.45) is 0. The van der Waals surface area contributed by atoms with Crippen LogP contribution in [-0.4, -0.2) is 20.9 Å². The van der Waals surface area contributed by atoms with E-state index in [1.165, 1.54) is 0 Å². The molecule has 0 saturated heterocycles. The van der Waals surface area contributed by atoms with Crippen molar-refractivity contribution >= 4 is 21.6 Å². The lowest BCUT2D eigenvalue weighted by Gasteiger charge is -2.10. The lowest BCUT2D eigenvalue weighted by Crippen LogP contribution is -2.33. The molecule has 0 unspecified atom stereocenters. The Bertz CT molecular complexity index is 898. The fraction of sp³-hybridized carbons (Fsp3) is 0.176. The van der Waals surface area contributed by atoms with Crippen molar-refractivity contribution in [1.82, 2.24) is 4.72 Å². The predicted molar refractivity (Wildman–Crippen MR) is 90.9 cm³/mol. The van der Waals surface area contributed by atoms with Crippen LogP contribution < -0.4 is 10.0 Å². The molecule has 2 aromatic rings. The highest BCUT2D eigenvalue weighted by molar-refractivity contribution is 7.89. The van der Waals surface area contributed by atoms with Crippen molar-refractivity contribution in [3.05, 3.63) is 59.2 Å². The third-order valence-corrected chi connectivity index (χ3v) is 4.90. The molecule has 0 aliphatic carbocycles. The number of carbonyl (C=O) groups is 1. The summed E-state index contributed by atoms with van der Waals surface area (Å²) in [6, 6.07) is 13.4. The second-order valence-corrected chi connectivity index (χ2v) is 7.07. The number of sulfonamides is 1. The minimum absolute atomic E-state index is 0.161. The van der Waals surface area contributed by atoms with E-state index in [0.29, 0.717) is 16.8 Å². The van der Waals surface area contributed by atoms with Crippen LogP contribution in [0.25, 0.3) is 0 Å². The first kappa shape index (κ1) is 17.7. The summed E-state index contributed by atoms with van der Waals surface area (Å²) < 4.78 is 26.9. The van der Waals surface area contributed by atoms with Gasteiger partial charge in [-0.1, -0.05) is 12.1 Å². The van der Waals surface area contributed by atoms with Crippen molar-refractivity contribution in [1.29, 1.82) is 5.26 Å². The smallest absolute Gasteiger partial charge is 0.241 e. The van der Waals surface area contributed by atoms with Crippen LogP contribution >= 0.6 is 0 Å². The number of benzene rings is 2. The van der Waals surface area contributed by atoms with Gasteiger partial charge in [-0.2, -0.15) is 5.26 Å². The Morgan fingerprint density at radius 3 is 2.42 bits per heavy atom. The molecule has 0 aliphatic heterocycles. The largest absolute Gasteiger partial charge is 0.325 e. The fourth-order valence-electron chi connectivity index (χ4n) is 2.07. The van der Waals surface area contributed by atoms with E-state index in [9.17, 15) is 13.2 Å². The number of nitrogens with zero attached hydrogens (tertiary/aromatic N) is 1. The minimum Gasteiger partial charge on any atom is -0.325 e. The molecule has 2 rings (SSSR count). The molecule has 0 heterocycles. The molecule has 6 nitrogen and oxygen atoms in total. The lowest BCUT2D eigenvalue weighted by molar-refractivity contribution is -0.115. The van der Waals surface area contributed by atoms with Crippen LogP contribution in [0.3, 0.4) is 0 Å². The molecule has 2 aromatic carbocycles. The molecule has 0 saturated carbocycles. The maximum absolute atomic E-state index is 12.3. The fourth-order valence-corrected chi connectivity index (χ4v) is 3.38. The van der Waals surface area contributed by atoms with Gasteiger partial charge in [-0.15, -0.1) is 0 Å². The molecular formula is C17H17N3O3S. The number of nitrogens with one attached hydrogen (secondary N) is 2. The van der Waals surface area contributed by atoms with Gasteiger partial charge in [0.2, 0.25) is 15.9 Å². The number of anilines is 1. The molecule has 1 amide bonds. The second kappa shape index (κ2) is 7.25. The zero-order valence-corrected chi connectivity index (χ0v) is 14.1. The molecule has 0 fully saturated rings. The Labute approximate surface area is 141 Å². The SMILES string of the molecule is Cc1ccc(C)c(S(=O)(=O)NCC(=O)Nc2ccc(C#N)cc2)c1. The Balaban J connectivity index is 2.02. The number of carbonyl (C=O) groups excluding carboxylic acids is 1. The summed E-state index contributed by atoms with van der Waals surface area (Å²) in [5.41, 5.74) is 2.40. The van der Waals surface area contributed by atoms with Gasteiger partial charge in [0, 0.05) is 5.69 Å². The van der Waals surface area contributed by atoms with E-state index in [2.05, 4.69) is 10.0 Å². The van der Waals surface area contributed by atoms with Crippen LogP contribution in [0.5, 0.6) is 0 Å². The van der Waals surface area contributed by atoms with Gasteiger partial charge in [-0.3, -0.25) is 4.79 Å². The Hall–Kier alpha value is -2.69. The summed E-state index contributed by atoms with van der Waals surface area (Å²) in [5, 5.41) is 11.3. The molecule has 24 heavy (non-hydrogen) atoms. The van der Waals surface area contributed by atoms with Gasteiger partial charge in [0.15, 0.2) is 0 Å². The maximum atomic E-state index is 12.3. The third-order valence-electron chi connectivity index (χ3n) is 3.35. The van der Waals surface area contributed by atoms with Crippen LogP contribution in [0.4, 0.5) is 5.69 Å². The van der Waals surface area contributed by atoms with Crippen LogP contribution in [-0.2, 0) is 14.8 Å². The molecule has 0 bridgehead atoms. The van der Waals surface area contributed by atoms with E-state index in [0.717, 1.165) is 5.56 Å². The average Bonchev–Trinajstić information content (AvgIpc) is 2.56. The predicted octanol–water partition coefficient (Wildman–Crippen LogP) is 2.09. The van der Waals surface area contributed by atoms with Crippen molar-refractivity contribution in [2.24, 2.45) is 0 Å². The molecule has 7 heteroatoms. The molecule has 0 aliphatic rings. The highest BCUT2D eigenvalue weighted by atomic mass is 32.2. The molecule has 0 aromatic heterocycles. The minimum atomic E-state index is -3.77. The molecule has 0 spiro atoms. The molecule has 0 radical (unpaired) electrons. The second-order valence-electron chi connectivity index (χ2n) is 5.33. The first-order valence-corrected chi connectivity index (χ1v) is 8.67. The monoisotopic (exact) mass is 343 g/mol. The first-order valence-electron chi connectivity index (χ1n) is 7.19. The standard InChI is InChI=1S/C17H17N3O3S/c1-12-3-4-13(2)16(9-12)24(22,23)19-11-17(21)20-15-7-5-14(10-18)6-8-15/h3-9,19H,11H2,1-2H3,(H,20,21). The quantitative estimate of drug-likeness (QED) is 0.868. The van der Waals surface area contributed by atoms with E-state index in [1.807, 2.05) is 12.1 Å². The van der Waals surface area contributed by atoms with Gasteiger partial charge in [-0.25, -0.2) is 13.1 Å². The number of amides is 1. The van der Waals surface area contributed by atoms with Gasteiger partial charge >= 0.3 is 0 Å². The lowest BCUT2D eigenvalue weighted by atomic mass is 10.2. The molecule has 124 valence electrons. The van der Waals surface area contributed by atoms with Gasteiger partial charge < -0.3 is 5.32 Å². The maximum Gasteiger partial charge on any atom is 0.241 e. The molecule has 0 atom stereocenters. The summed E-state index contributed by atoms with van der Waals surface area (Å²) in [4.78, 5) is 12.1. The van der Waals surface area contributed by atoms with Crippen molar-refractivity contribution in [2.45, 2.75) is 18.7 Å². The van der Waals surface area contributed by atoms with E-state index >= 15 is 0 Å². The zero-order valence-electron chi connectivity index (χ0n) is 13.3. The molecule has 2 N–H and O–H groups in total. The van der Waals surface area contributed by atoms with Crippen molar-refractivity contribution < 1.29 is 13.2 Å². The third kappa shape index (κ3) is 4.41. The summed E-state index contributed by atoms with van der Waals surface area (Å²) in [5.74, 6) is -0.492. The Morgan fingerprint density at radius 2 is 1.79 bits per heavy atom. The Kier molecular flexibility index (Phi) is 5.34. The molecular weight excluding hydrogens is 326 g/mol. The number of aryl methyl sites for hydroxylation is 2. The average molecular weight is 343 g/mol. The van der Waals surface area contributed by atoms with Crippen molar-refractivity contribution in [3.8, 4) is 6.07 Å². The highest BCUT2D eigenvalue weighted by Crippen LogP contribution is 2.16. The normalized spacial score (nSPS) is 10.9. The summed E-state index contributed by atoms with van der Waals surface area (Å²) >= 11 is 0. The van der Waals surface area contributed by atoms with Gasteiger partial charge in [0.05, 0.1) is 23.1 Å². The zero-order chi connectivity index (χ0) is 17.7. The number of rotatable bonds is 5. The van der Waals surface area contributed by atoms with Crippen LogP contribution in [0.15, 0.2) is 47.4 Å². The van der Waals surface area contributed by atoms with Crippen molar-refractivity contribution in [3.63, 3.8) is 0 Å². The number of hydrogen-bond donors (Lipinski definition) is 2. The van der Waals surface area contributed by atoms with E-state index in [-0.39, 0.29) is 11.4 Å². The first-order chi connectivity index (χ1) is 11.3. The topological polar surface area (TPSA) is 99.1 Å². The van der Waals surface area contributed by atoms with Gasteiger partial charge in [0.25, 0.3) is 0 Å². The Morgan fingerprint density at radius 1 is 1.12 bits per heavy atom. The summed E-state index contributed by atoms with van der Waals surface area (Å²) in [6.45, 7) is 3.12. The highest BCUT2D eigenvalue weighted by Gasteiger charge is 2.18. The van der Waals surface area contributed by atoms with Crippen molar-refractivity contribution in [2.75, 3.05) is 11.9 Å². The number of hydrogen-bond acceptors (Lipinski definition) is 4. The van der Waals surface area contributed by atoms with E-state index in [1.54, 1.807) is 50.2 Å².